The van der Waals surface area contributed by atoms with Crippen LogP contribution in [-0.2, 0) is 0 Å². The van der Waals surface area contributed by atoms with Crippen molar-refractivity contribution in [2.24, 2.45) is 0 Å². The minimum absolute atomic E-state index is 0.880. The predicted molar refractivity (Wildman–Crippen MR) is 83.7 cm³/mol. The average Bonchev–Trinajstić information content (AvgIpc) is 2.56. The normalized spacial score (nSPS) is 13.6. The molecule has 0 bridgehead atoms. The topological polar surface area (TPSA) is 33.3 Å². The molecule has 20 heavy (non-hydrogen) atoms. The lowest BCUT2D eigenvalue weighted by molar-refractivity contribution is 0.239. The molecular formula is C16H14N2OS. The van der Waals surface area contributed by atoms with E-state index in [2.05, 4.69) is 34.5 Å². The van der Waals surface area contributed by atoms with Crippen molar-refractivity contribution in [3.05, 3.63) is 72.1 Å². The van der Waals surface area contributed by atoms with Crippen LogP contribution in [0, 0.1) is 0 Å². The molecule has 100 valence electrons. The summed E-state index contributed by atoms with van der Waals surface area (Å²) in [4.78, 5) is 6.38. The zero-order valence-corrected chi connectivity index (χ0v) is 11.6. The lowest BCUT2D eigenvalue weighted by Crippen LogP contribution is -2.13. The summed E-state index contributed by atoms with van der Waals surface area (Å²) >= 11 is 1.65. The number of hydrogen-bond acceptors (Lipinski definition) is 4. The SMILES string of the molecule is C1=Cc2ccccc2ON1.C1=Cc2ccccc2SN1. The minimum Gasteiger partial charge on any atom is -0.382 e. The molecule has 2 aliphatic rings. The Kier molecular flexibility index (Phi) is 3.94. The Morgan fingerprint density at radius 3 is 2.40 bits per heavy atom. The number of fused-ring (bicyclic) bond motifs is 2. The van der Waals surface area contributed by atoms with Gasteiger partial charge in [-0.15, -0.1) is 0 Å². The number of hydrogen-bond donors (Lipinski definition) is 2. The first-order chi connectivity index (χ1) is 9.93. The standard InChI is InChI=1S/C8H7NO.C8H7NS/c2*1-2-4-8-7(3-1)5-6-9-10-8/h2*1-6,9H. The molecular weight excluding hydrogens is 268 g/mol. The van der Waals surface area contributed by atoms with Gasteiger partial charge in [-0.1, -0.05) is 36.4 Å². The molecule has 0 amide bonds. The molecule has 4 heteroatoms. The molecule has 2 aliphatic heterocycles. The van der Waals surface area contributed by atoms with E-state index in [0.717, 1.165) is 11.3 Å². The second-order valence-corrected chi connectivity index (χ2v) is 5.06. The summed E-state index contributed by atoms with van der Waals surface area (Å²) in [7, 11) is 0. The van der Waals surface area contributed by atoms with Crippen molar-refractivity contribution in [1.82, 2.24) is 10.2 Å². The highest BCUT2D eigenvalue weighted by Crippen LogP contribution is 2.24. The van der Waals surface area contributed by atoms with Gasteiger partial charge >= 0.3 is 0 Å². The van der Waals surface area contributed by atoms with Crippen molar-refractivity contribution in [1.29, 1.82) is 0 Å². The number of benzene rings is 2. The molecule has 2 aromatic carbocycles. The molecule has 0 atom stereocenters. The van der Waals surface area contributed by atoms with E-state index in [4.69, 9.17) is 4.84 Å². The number of para-hydroxylation sites is 1. The van der Waals surface area contributed by atoms with Crippen LogP contribution in [0.25, 0.3) is 12.2 Å². The van der Waals surface area contributed by atoms with Crippen molar-refractivity contribution in [2.75, 3.05) is 0 Å². The second-order valence-electron chi connectivity index (χ2n) is 4.18. The van der Waals surface area contributed by atoms with E-state index in [1.165, 1.54) is 10.5 Å². The summed E-state index contributed by atoms with van der Waals surface area (Å²) in [6, 6.07) is 16.2. The molecule has 0 unspecified atom stereocenters. The molecule has 2 aromatic rings. The third kappa shape index (κ3) is 2.97. The molecule has 0 saturated heterocycles. The fourth-order valence-corrected chi connectivity index (χ4v) is 2.53. The first-order valence-corrected chi connectivity index (χ1v) is 7.11. The molecule has 2 heterocycles. The van der Waals surface area contributed by atoms with Crippen molar-refractivity contribution < 1.29 is 4.84 Å². The smallest absolute Gasteiger partial charge is 0.162 e. The highest BCUT2D eigenvalue weighted by Gasteiger charge is 2.01. The number of rotatable bonds is 0. The van der Waals surface area contributed by atoms with Gasteiger partial charge in [-0.2, -0.15) is 0 Å². The monoisotopic (exact) mass is 282 g/mol. The molecule has 4 rings (SSSR count). The quantitative estimate of drug-likeness (QED) is 0.720. The van der Waals surface area contributed by atoms with Crippen LogP contribution in [0.2, 0.25) is 0 Å². The largest absolute Gasteiger partial charge is 0.382 e. The Morgan fingerprint density at radius 1 is 0.800 bits per heavy atom. The van der Waals surface area contributed by atoms with E-state index < -0.39 is 0 Å². The summed E-state index contributed by atoms with van der Waals surface area (Å²) in [6.07, 6.45) is 7.76. The summed E-state index contributed by atoms with van der Waals surface area (Å²) < 4.78 is 3.08. The van der Waals surface area contributed by atoms with Crippen molar-refractivity contribution in [3.63, 3.8) is 0 Å². The molecule has 0 spiro atoms. The van der Waals surface area contributed by atoms with Gasteiger partial charge in [0, 0.05) is 22.9 Å². The van der Waals surface area contributed by atoms with Crippen molar-refractivity contribution >= 4 is 24.1 Å². The van der Waals surface area contributed by atoms with Gasteiger partial charge in [0.15, 0.2) is 5.75 Å². The average molecular weight is 282 g/mol. The molecule has 0 radical (unpaired) electrons. The minimum atomic E-state index is 0.880. The number of nitrogens with one attached hydrogen (secondary N) is 2. The van der Waals surface area contributed by atoms with Gasteiger partial charge < -0.3 is 9.56 Å². The lowest BCUT2D eigenvalue weighted by atomic mass is 10.2. The van der Waals surface area contributed by atoms with Crippen LogP contribution in [0.5, 0.6) is 5.75 Å². The van der Waals surface area contributed by atoms with E-state index in [-0.39, 0.29) is 0 Å². The molecule has 0 aliphatic carbocycles. The van der Waals surface area contributed by atoms with E-state index in [0.29, 0.717) is 0 Å². The number of hydroxylamine groups is 1. The Balaban J connectivity index is 0.000000121. The van der Waals surface area contributed by atoms with Gasteiger partial charge in [0.2, 0.25) is 0 Å². The lowest BCUT2D eigenvalue weighted by Gasteiger charge is -2.11. The highest BCUT2D eigenvalue weighted by molar-refractivity contribution is 7.97. The molecule has 2 N–H and O–H groups in total. The maximum Gasteiger partial charge on any atom is 0.162 e. The molecule has 0 aromatic heterocycles. The summed E-state index contributed by atoms with van der Waals surface area (Å²) in [5.41, 5.74) is 5.07. The Labute approximate surface area is 122 Å². The maximum absolute atomic E-state index is 5.09. The van der Waals surface area contributed by atoms with Gasteiger partial charge in [-0.25, -0.2) is 5.48 Å². The molecule has 0 saturated carbocycles. The van der Waals surface area contributed by atoms with Gasteiger partial charge in [-0.3, -0.25) is 0 Å². The fourth-order valence-electron chi connectivity index (χ4n) is 1.86. The van der Waals surface area contributed by atoms with Crippen molar-refractivity contribution in [3.8, 4) is 5.75 Å². The van der Waals surface area contributed by atoms with E-state index >= 15 is 0 Å². The summed E-state index contributed by atoms with van der Waals surface area (Å²) in [6.45, 7) is 0. The van der Waals surface area contributed by atoms with E-state index in [9.17, 15) is 0 Å². The fraction of sp³-hybridized carbons (Fsp3) is 0. The van der Waals surface area contributed by atoms with E-state index in [1.54, 1.807) is 18.1 Å². The van der Waals surface area contributed by atoms with Gasteiger partial charge in [0.05, 0.1) is 0 Å². The molecule has 3 nitrogen and oxygen atoms in total. The Bertz CT molecular complexity index is 595. The van der Waals surface area contributed by atoms with Crippen LogP contribution < -0.4 is 15.0 Å². The van der Waals surface area contributed by atoms with Crippen LogP contribution in [0.3, 0.4) is 0 Å². The Morgan fingerprint density at radius 2 is 1.55 bits per heavy atom. The Hall–Kier alpha value is -2.33. The highest BCUT2D eigenvalue weighted by atomic mass is 32.2. The predicted octanol–water partition coefficient (Wildman–Crippen LogP) is 3.82. The summed E-state index contributed by atoms with van der Waals surface area (Å²) in [5.74, 6) is 0.880. The molecule has 0 fully saturated rings. The first kappa shape index (κ1) is 12.7. The van der Waals surface area contributed by atoms with E-state index in [1.807, 2.05) is 42.6 Å². The van der Waals surface area contributed by atoms with Crippen LogP contribution in [0.1, 0.15) is 11.1 Å². The third-order valence-corrected chi connectivity index (χ3v) is 3.68. The second kappa shape index (κ2) is 6.21. The van der Waals surface area contributed by atoms with Crippen molar-refractivity contribution in [2.45, 2.75) is 4.90 Å². The maximum atomic E-state index is 5.09. The van der Waals surface area contributed by atoms with Crippen LogP contribution >= 0.6 is 11.9 Å². The van der Waals surface area contributed by atoms with Crippen LogP contribution in [-0.4, -0.2) is 0 Å². The summed E-state index contributed by atoms with van der Waals surface area (Å²) in [5, 5.41) is 0. The first-order valence-electron chi connectivity index (χ1n) is 6.29. The van der Waals surface area contributed by atoms with Gasteiger partial charge in [-0.05, 0) is 41.8 Å². The zero-order valence-electron chi connectivity index (χ0n) is 10.7. The van der Waals surface area contributed by atoms with Crippen LogP contribution in [0.15, 0.2) is 65.8 Å². The third-order valence-electron chi connectivity index (χ3n) is 2.84. The van der Waals surface area contributed by atoms with Gasteiger partial charge in [0.1, 0.15) is 0 Å². The zero-order chi connectivity index (χ0) is 13.6. The van der Waals surface area contributed by atoms with Gasteiger partial charge in [0.25, 0.3) is 0 Å². The van der Waals surface area contributed by atoms with Crippen LogP contribution in [0.4, 0.5) is 0 Å².